The van der Waals surface area contributed by atoms with E-state index < -0.39 is 0 Å². The molecule has 0 saturated heterocycles. The Labute approximate surface area is 116 Å². The maximum atomic E-state index is 6.15. The molecule has 1 atom stereocenters. The lowest BCUT2D eigenvalue weighted by atomic mass is 9.65. The Morgan fingerprint density at radius 3 is 2.89 bits per heavy atom. The number of benzene rings is 1. The van der Waals surface area contributed by atoms with Crippen molar-refractivity contribution in [1.29, 1.82) is 0 Å². The van der Waals surface area contributed by atoms with E-state index in [0.29, 0.717) is 11.5 Å². The average molecular weight is 259 g/mol. The third-order valence-corrected chi connectivity index (χ3v) is 4.78. The number of nitrogens with one attached hydrogen (secondary N) is 1. The SMILES string of the molecule is CCNCC1(CC2Cc3cc(C)ccc3O2)CCC1. The molecule has 1 unspecified atom stereocenters. The zero-order chi connectivity index (χ0) is 13.3. The van der Waals surface area contributed by atoms with Gasteiger partial charge in [-0.05, 0) is 49.8 Å². The maximum Gasteiger partial charge on any atom is 0.123 e. The Hall–Kier alpha value is -1.02. The molecular formula is C17H25NO. The first kappa shape index (κ1) is 13.0. The summed E-state index contributed by atoms with van der Waals surface area (Å²) in [5, 5.41) is 3.54. The number of ether oxygens (including phenoxy) is 1. The van der Waals surface area contributed by atoms with Crippen molar-refractivity contribution in [3.05, 3.63) is 29.3 Å². The van der Waals surface area contributed by atoms with E-state index in [1.54, 1.807) is 0 Å². The molecule has 1 fully saturated rings. The van der Waals surface area contributed by atoms with Crippen LogP contribution in [0.4, 0.5) is 0 Å². The summed E-state index contributed by atoms with van der Waals surface area (Å²) in [6, 6.07) is 6.58. The van der Waals surface area contributed by atoms with Crippen molar-refractivity contribution >= 4 is 0 Å². The third-order valence-electron chi connectivity index (χ3n) is 4.78. The highest BCUT2D eigenvalue weighted by Crippen LogP contribution is 2.46. The minimum Gasteiger partial charge on any atom is -0.490 e. The van der Waals surface area contributed by atoms with Crippen molar-refractivity contribution in [2.24, 2.45) is 5.41 Å². The van der Waals surface area contributed by atoms with Crippen LogP contribution in [-0.4, -0.2) is 19.2 Å². The van der Waals surface area contributed by atoms with Crippen LogP contribution in [0.5, 0.6) is 5.75 Å². The van der Waals surface area contributed by atoms with Crippen LogP contribution in [0.15, 0.2) is 18.2 Å². The second-order valence-corrected chi connectivity index (χ2v) is 6.39. The average Bonchev–Trinajstić information content (AvgIpc) is 2.73. The Balaban J connectivity index is 1.63. The number of fused-ring (bicyclic) bond motifs is 1. The van der Waals surface area contributed by atoms with Crippen LogP contribution in [0, 0.1) is 12.3 Å². The molecule has 2 aliphatic rings. The lowest BCUT2D eigenvalue weighted by Gasteiger charge is -2.43. The first-order chi connectivity index (χ1) is 9.21. The van der Waals surface area contributed by atoms with Crippen LogP contribution in [0.1, 0.15) is 43.7 Å². The fourth-order valence-electron chi connectivity index (χ4n) is 3.57. The van der Waals surface area contributed by atoms with Crippen LogP contribution < -0.4 is 10.1 Å². The fourth-order valence-corrected chi connectivity index (χ4v) is 3.57. The number of hydrogen-bond acceptors (Lipinski definition) is 2. The number of aryl methyl sites for hydroxylation is 1. The molecule has 1 heterocycles. The predicted molar refractivity (Wildman–Crippen MR) is 78.7 cm³/mol. The van der Waals surface area contributed by atoms with E-state index in [1.165, 1.54) is 43.4 Å². The summed E-state index contributed by atoms with van der Waals surface area (Å²) in [6.45, 7) is 6.59. The summed E-state index contributed by atoms with van der Waals surface area (Å²) in [6.07, 6.45) is 6.85. The molecule has 0 bridgehead atoms. The summed E-state index contributed by atoms with van der Waals surface area (Å²) < 4.78 is 6.15. The normalized spacial score (nSPS) is 23.6. The fraction of sp³-hybridized carbons (Fsp3) is 0.647. The Morgan fingerprint density at radius 1 is 1.37 bits per heavy atom. The summed E-state index contributed by atoms with van der Waals surface area (Å²) >= 11 is 0. The monoisotopic (exact) mass is 259 g/mol. The minimum atomic E-state index is 0.399. The van der Waals surface area contributed by atoms with E-state index in [1.807, 2.05) is 0 Å². The Morgan fingerprint density at radius 2 is 2.21 bits per heavy atom. The number of rotatable bonds is 5. The van der Waals surface area contributed by atoms with Gasteiger partial charge in [0, 0.05) is 13.0 Å². The van der Waals surface area contributed by atoms with Gasteiger partial charge in [0.25, 0.3) is 0 Å². The third kappa shape index (κ3) is 2.64. The predicted octanol–water partition coefficient (Wildman–Crippen LogP) is 3.47. The van der Waals surface area contributed by atoms with E-state index in [2.05, 4.69) is 37.4 Å². The second-order valence-electron chi connectivity index (χ2n) is 6.39. The van der Waals surface area contributed by atoms with E-state index in [-0.39, 0.29) is 0 Å². The van der Waals surface area contributed by atoms with Gasteiger partial charge in [0.05, 0.1) is 0 Å². The lowest BCUT2D eigenvalue weighted by molar-refractivity contribution is 0.0614. The highest BCUT2D eigenvalue weighted by molar-refractivity contribution is 5.40. The molecule has 3 rings (SSSR count). The minimum absolute atomic E-state index is 0.399. The molecule has 0 radical (unpaired) electrons. The second kappa shape index (κ2) is 5.16. The summed E-state index contributed by atoms with van der Waals surface area (Å²) in [5.74, 6) is 1.12. The highest BCUT2D eigenvalue weighted by Gasteiger charge is 2.40. The van der Waals surface area contributed by atoms with Crippen LogP contribution >= 0.6 is 0 Å². The van der Waals surface area contributed by atoms with E-state index in [4.69, 9.17) is 4.74 Å². The van der Waals surface area contributed by atoms with Gasteiger partial charge in [-0.2, -0.15) is 0 Å². The van der Waals surface area contributed by atoms with Gasteiger partial charge in [-0.25, -0.2) is 0 Å². The molecule has 1 aliphatic heterocycles. The topological polar surface area (TPSA) is 21.3 Å². The molecule has 0 aromatic heterocycles. The molecule has 0 amide bonds. The number of hydrogen-bond donors (Lipinski definition) is 1. The molecule has 2 heteroatoms. The Bertz CT molecular complexity index is 451. The van der Waals surface area contributed by atoms with Gasteiger partial charge in [0.15, 0.2) is 0 Å². The summed E-state index contributed by atoms with van der Waals surface area (Å²) in [4.78, 5) is 0. The van der Waals surface area contributed by atoms with E-state index in [9.17, 15) is 0 Å². The molecule has 1 N–H and O–H groups in total. The molecule has 1 aromatic rings. The van der Waals surface area contributed by atoms with Gasteiger partial charge in [-0.3, -0.25) is 0 Å². The van der Waals surface area contributed by atoms with Gasteiger partial charge in [-0.1, -0.05) is 31.0 Å². The van der Waals surface area contributed by atoms with Crippen molar-refractivity contribution in [2.75, 3.05) is 13.1 Å². The van der Waals surface area contributed by atoms with Crippen molar-refractivity contribution in [3.63, 3.8) is 0 Å². The molecule has 1 saturated carbocycles. The zero-order valence-corrected chi connectivity index (χ0v) is 12.2. The van der Waals surface area contributed by atoms with Gasteiger partial charge in [-0.15, -0.1) is 0 Å². The van der Waals surface area contributed by atoms with Crippen LogP contribution in [-0.2, 0) is 6.42 Å². The molecule has 1 aliphatic carbocycles. The van der Waals surface area contributed by atoms with Gasteiger partial charge < -0.3 is 10.1 Å². The largest absolute Gasteiger partial charge is 0.490 e. The van der Waals surface area contributed by atoms with Crippen molar-refractivity contribution in [2.45, 2.75) is 52.1 Å². The standard InChI is InChI=1S/C17H25NO/c1-3-18-12-17(7-4-8-17)11-15-10-14-9-13(2)5-6-16(14)19-15/h5-6,9,15,18H,3-4,7-8,10-12H2,1-2H3. The molecule has 104 valence electrons. The summed E-state index contributed by atoms with van der Waals surface area (Å²) in [7, 11) is 0. The van der Waals surface area contributed by atoms with Crippen molar-refractivity contribution in [1.82, 2.24) is 5.32 Å². The van der Waals surface area contributed by atoms with Crippen molar-refractivity contribution < 1.29 is 4.74 Å². The lowest BCUT2D eigenvalue weighted by Crippen LogP contribution is -2.43. The summed E-state index contributed by atoms with van der Waals surface area (Å²) in [5.41, 5.74) is 3.26. The Kier molecular flexibility index (Phi) is 3.53. The molecular weight excluding hydrogens is 234 g/mol. The van der Waals surface area contributed by atoms with Gasteiger partial charge in [0.1, 0.15) is 11.9 Å². The molecule has 0 spiro atoms. The highest BCUT2D eigenvalue weighted by atomic mass is 16.5. The quantitative estimate of drug-likeness (QED) is 0.874. The van der Waals surface area contributed by atoms with E-state index >= 15 is 0 Å². The first-order valence-corrected chi connectivity index (χ1v) is 7.68. The van der Waals surface area contributed by atoms with Gasteiger partial charge >= 0.3 is 0 Å². The zero-order valence-electron chi connectivity index (χ0n) is 12.2. The van der Waals surface area contributed by atoms with Crippen LogP contribution in [0.2, 0.25) is 0 Å². The first-order valence-electron chi connectivity index (χ1n) is 7.68. The maximum absolute atomic E-state index is 6.15. The van der Waals surface area contributed by atoms with E-state index in [0.717, 1.165) is 18.7 Å². The van der Waals surface area contributed by atoms with Crippen LogP contribution in [0.25, 0.3) is 0 Å². The van der Waals surface area contributed by atoms with Gasteiger partial charge in [0.2, 0.25) is 0 Å². The molecule has 1 aromatic carbocycles. The molecule has 2 nitrogen and oxygen atoms in total. The molecule has 19 heavy (non-hydrogen) atoms. The smallest absolute Gasteiger partial charge is 0.123 e. The van der Waals surface area contributed by atoms with Crippen LogP contribution in [0.3, 0.4) is 0 Å². The van der Waals surface area contributed by atoms with Crippen molar-refractivity contribution in [3.8, 4) is 5.75 Å².